The van der Waals surface area contributed by atoms with E-state index in [0.717, 1.165) is 49.5 Å². The van der Waals surface area contributed by atoms with Gasteiger partial charge in [0.05, 0.1) is 0 Å². The van der Waals surface area contributed by atoms with E-state index in [1.54, 1.807) is 11.1 Å². The smallest absolute Gasteiger partial charge is 0.139 e. The first-order valence-electron chi connectivity index (χ1n) is 12.8. The van der Waals surface area contributed by atoms with Gasteiger partial charge in [0.2, 0.25) is 0 Å². The summed E-state index contributed by atoms with van der Waals surface area (Å²) in [4.78, 5) is 12.8. The third-order valence-electron chi connectivity index (χ3n) is 10.6. The Morgan fingerprint density at radius 1 is 1.13 bits per heavy atom. The van der Waals surface area contributed by atoms with Gasteiger partial charge in [-0.25, -0.2) is 0 Å². The maximum absolute atomic E-state index is 12.8. The zero-order chi connectivity index (χ0) is 20.5. The molecule has 30 heavy (non-hydrogen) atoms. The Labute approximate surface area is 184 Å². The quantitative estimate of drug-likeness (QED) is 0.561. The number of Topliss-reactive ketones (excluding diaryl/α,β-unsaturated/α-hetero) is 1. The van der Waals surface area contributed by atoms with Gasteiger partial charge >= 0.3 is 0 Å². The summed E-state index contributed by atoms with van der Waals surface area (Å²) in [7, 11) is 0. The molecule has 0 bridgehead atoms. The van der Waals surface area contributed by atoms with Gasteiger partial charge in [0.15, 0.2) is 0 Å². The summed E-state index contributed by atoms with van der Waals surface area (Å²) in [6, 6.07) is 0.648. The fourth-order valence-corrected chi connectivity index (χ4v) is 8.55. The zero-order valence-corrected chi connectivity index (χ0v) is 19.0. The fourth-order valence-electron chi connectivity index (χ4n) is 8.55. The minimum Gasteiger partial charge on any atom is -0.310 e. The third-order valence-corrected chi connectivity index (χ3v) is 10.6. The molecule has 4 saturated carbocycles. The highest BCUT2D eigenvalue weighted by Crippen LogP contribution is 2.63. The molecule has 6 aliphatic rings. The number of ketones is 1. The van der Waals surface area contributed by atoms with E-state index >= 15 is 0 Å². The SMILES string of the molecule is CC12CCC3C(CC=C4CC(NCC5=CC=CC6CC56)CCC43C)C1CCCC2=O.[HH]. The van der Waals surface area contributed by atoms with E-state index in [1.807, 2.05) is 0 Å². The van der Waals surface area contributed by atoms with Crippen LogP contribution >= 0.6 is 0 Å². The van der Waals surface area contributed by atoms with Crippen molar-refractivity contribution >= 4 is 5.78 Å². The summed E-state index contributed by atoms with van der Waals surface area (Å²) < 4.78 is 0. The molecule has 4 fully saturated rings. The topological polar surface area (TPSA) is 29.1 Å². The number of allylic oxidation sites excluding steroid dienone is 4. The number of rotatable bonds is 3. The molecule has 0 saturated heterocycles. The molecular weight excluding hydrogens is 366 g/mol. The van der Waals surface area contributed by atoms with E-state index in [-0.39, 0.29) is 6.84 Å². The van der Waals surface area contributed by atoms with E-state index in [0.29, 0.717) is 23.2 Å². The van der Waals surface area contributed by atoms with Crippen molar-refractivity contribution in [2.45, 2.75) is 84.1 Å². The summed E-state index contributed by atoms with van der Waals surface area (Å²) in [5.41, 5.74) is 3.77. The standard InChI is InChI=1S/C28H39NO.H2/c1-27-13-11-21(29-17-19-6-3-5-18-15-23(18)19)16-20(27)9-10-22-24-7-4-8-26(30)28(24,2)14-12-25(22)27;/h3,5-6,9,18,21-25,29H,4,7-8,10-17H2,1-2H3;1H. The Morgan fingerprint density at radius 2 is 1.97 bits per heavy atom. The van der Waals surface area contributed by atoms with Crippen LogP contribution < -0.4 is 5.32 Å². The molecule has 2 nitrogen and oxygen atoms in total. The molecule has 8 atom stereocenters. The van der Waals surface area contributed by atoms with Gasteiger partial charge in [-0.2, -0.15) is 0 Å². The first-order chi connectivity index (χ1) is 14.5. The van der Waals surface area contributed by atoms with Crippen LogP contribution in [0, 0.1) is 40.4 Å². The maximum Gasteiger partial charge on any atom is 0.139 e. The zero-order valence-electron chi connectivity index (χ0n) is 19.0. The molecule has 8 unspecified atom stereocenters. The van der Waals surface area contributed by atoms with Crippen molar-refractivity contribution in [3.8, 4) is 0 Å². The first-order valence-corrected chi connectivity index (χ1v) is 12.8. The lowest BCUT2D eigenvalue weighted by Gasteiger charge is -2.59. The monoisotopic (exact) mass is 407 g/mol. The summed E-state index contributed by atoms with van der Waals surface area (Å²) >= 11 is 0. The predicted octanol–water partition coefficient (Wildman–Crippen LogP) is 6.24. The Bertz CT molecular complexity index is 842. The Balaban J connectivity index is 0.00000204. The van der Waals surface area contributed by atoms with Crippen LogP contribution in [0.25, 0.3) is 0 Å². The van der Waals surface area contributed by atoms with Crippen molar-refractivity contribution in [3.05, 3.63) is 35.5 Å². The molecule has 0 spiro atoms. The van der Waals surface area contributed by atoms with Crippen LogP contribution in [0.2, 0.25) is 0 Å². The van der Waals surface area contributed by atoms with Crippen LogP contribution in [0.4, 0.5) is 0 Å². The highest BCUT2D eigenvalue weighted by molar-refractivity contribution is 5.85. The number of carbonyl (C=O) groups is 1. The molecule has 6 rings (SSSR count). The number of carbonyl (C=O) groups excluding carboxylic acids is 1. The van der Waals surface area contributed by atoms with Crippen LogP contribution in [0.5, 0.6) is 0 Å². The molecule has 0 radical (unpaired) electrons. The van der Waals surface area contributed by atoms with Crippen LogP contribution in [0.1, 0.15) is 79.5 Å². The van der Waals surface area contributed by atoms with Crippen LogP contribution in [0.3, 0.4) is 0 Å². The normalized spacial score (nSPS) is 49.2. The molecule has 164 valence electrons. The lowest BCUT2D eigenvalue weighted by atomic mass is 9.45. The number of hydrogen-bond acceptors (Lipinski definition) is 2. The molecule has 0 aromatic rings. The second-order valence-electron chi connectivity index (χ2n) is 12.0. The molecule has 1 N–H and O–H groups in total. The molecule has 0 aliphatic heterocycles. The minimum atomic E-state index is -0.0112. The van der Waals surface area contributed by atoms with Gasteiger partial charge in [0.1, 0.15) is 5.78 Å². The number of nitrogens with one attached hydrogen (secondary N) is 1. The second kappa shape index (κ2) is 6.92. The average Bonchev–Trinajstić information content (AvgIpc) is 3.53. The van der Waals surface area contributed by atoms with Crippen molar-refractivity contribution in [3.63, 3.8) is 0 Å². The predicted molar refractivity (Wildman–Crippen MR) is 124 cm³/mol. The van der Waals surface area contributed by atoms with E-state index in [4.69, 9.17) is 0 Å². The lowest BCUT2D eigenvalue weighted by molar-refractivity contribution is -0.144. The van der Waals surface area contributed by atoms with E-state index in [1.165, 1.54) is 44.9 Å². The van der Waals surface area contributed by atoms with Gasteiger partial charge in [-0.05, 0) is 92.8 Å². The Hall–Kier alpha value is -1.15. The van der Waals surface area contributed by atoms with Crippen molar-refractivity contribution in [1.29, 1.82) is 0 Å². The van der Waals surface area contributed by atoms with Crippen LogP contribution in [0.15, 0.2) is 35.5 Å². The first kappa shape index (κ1) is 19.5. The van der Waals surface area contributed by atoms with Gasteiger partial charge in [-0.3, -0.25) is 4.79 Å². The molecule has 0 aromatic carbocycles. The van der Waals surface area contributed by atoms with Crippen molar-refractivity contribution < 1.29 is 6.22 Å². The highest BCUT2D eigenvalue weighted by atomic mass is 16.1. The molecule has 0 aromatic heterocycles. The largest absolute Gasteiger partial charge is 0.310 e. The second-order valence-corrected chi connectivity index (χ2v) is 12.0. The Morgan fingerprint density at radius 3 is 2.87 bits per heavy atom. The number of fused-ring (bicyclic) bond motifs is 6. The lowest BCUT2D eigenvalue weighted by Crippen LogP contribution is -2.54. The highest BCUT2D eigenvalue weighted by Gasteiger charge is 2.57. The number of hydrogen-bond donors (Lipinski definition) is 1. The van der Waals surface area contributed by atoms with Gasteiger partial charge < -0.3 is 5.32 Å². The third kappa shape index (κ3) is 2.89. The van der Waals surface area contributed by atoms with E-state index in [2.05, 4.69) is 43.5 Å². The van der Waals surface area contributed by atoms with E-state index < -0.39 is 0 Å². The van der Waals surface area contributed by atoms with Gasteiger partial charge in [0, 0.05) is 25.8 Å². The average molecular weight is 408 g/mol. The molecule has 2 heteroatoms. The molecule has 6 aliphatic carbocycles. The van der Waals surface area contributed by atoms with Crippen LogP contribution in [-0.2, 0) is 4.79 Å². The molecule has 0 amide bonds. The van der Waals surface area contributed by atoms with Gasteiger partial charge in [-0.1, -0.05) is 49.3 Å². The fraction of sp³-hybridized carbons (Fsp3) is 0.750. The van der Waals surface area contributed by atoms with Crippen LogP contribution in [-0.4, -0.2) is 18.4 Å². The molecular formula is C28H41NO. The summed E-state index contributed by atoms with van der Waals surface area (Å²) in [6.45, 7) is 5.99. The van der Waals surface area contributed by atoms with Crippen molar-refractivity contribution in [1.82, 2.24) is 5.32 Å². The maximum atomic E-state index is 12.8. The van der Waals surface area contributed by atoms with Gasteiger partial charge in [-0.15, -0.1) is 0 Å². The van der Waals surface area contributed by atoms with E-state index in [9.17, 15) is 4.79 Å². The summed E-state index contributed by atoms with van der Waals surface area (Å²) in [5, 5.41) is 3.94. The minimum absolute atomic E-state index is 0. The van der Waals surface area contributed by atoms with Gasteiger partial charge in [0.25, 0.3) is 0 Å². The summed E-state index contributed by atoms with van der Waals surface area (Å²) in [5.74, 6) is 4.47. The van der Waals surface area contributed by atoms with Crippen molar-refractivity contribution in [2.75, 3.05) is 6.54 Å². The Kier molecular flexibility index (Phi) is 4.51. The summed E-state index contributed by atoms with van der Waals surface area (Å²) in [6.07, 6.45) is 21.9. The molecule has 0 heterocycles. The van der Waals surface area contributed by atoms with Crippen molar-refractivity contribution in [2.24, 2.45) is 40.4 Å².